The van der Waals surface area contributed by atoms with Gasteiger partial charge in [-0.25, -0.2) is 37.6 Å². The number of pyridine rings is 4. The highest BCUT2D eigenvalue weighted by atomic mass is 16.3. The molecule has 0 aliphatic carbocycles. The standard InChI is InChI=1S/C31H29N2O.C30H27N2O.2C29H25N2O/c1-20-12-14-23-24-15-16-25(32-5)28(22-10-8-7-9-11-22)30(24)34-29(23)27(20)26-17-13-21(19-33(26)6)18-31(2,3)4;1-19(2)17-21-12-16-26(32(5)18-21)27-20(3)11-13-23-24-14-15-25(31-4)28(30(24)33-29(23)27)22-9-7-6-8-10-22;2*1-18(2)21-12-16-25(31(5)17-21)26-19(3)11-13-22-23-14-15-24(30-4)27(29(23)32-28(22)26)20-9-7-6-8-10-20/h7-17,19H,18H2,1-4,6H3;6-16,18-19H,17H2,1-3,5H3;2*6-18H,1-3,5H3/q4*+1/i13D,18D2;12D,17D2;1D3,12D,18D;12D,18D. The second-order valence-corrected chi connectivity index (χ2v) is 34.8. The summed E-state index contributed by atoms with van der Waals surface area (Å²) < 4.78 is 143. The van der Waals surface area contributed by atoms with Crippen LogP contribution in [0, 0.1) is 65.3 Å². The Morgan fingerprint density at radius 2 is 0.565 bits per heavy atom. The average Bonchev–Trinajstić information content (AvgIpc) is 1.59. The van der Waals surface area contributed by atoms with Gasteiger partial charge in [-0.15, -0.1) is 0 Å². The zero-order chi connectivity index (χ0) is 103. The molecule has 20 aromatic rings. The van der Waals surface area contributed by atoms with Crippen LogP contribution in [-0.4, -0.2) is 0 Å². The Hall–Kier alpha value is -15.6. The van der Waals surface area contributed by atoms with Crippen molar-refractivity contribution in [2.24, 2.45) is 39.5 Å². The fourth-order valence-corrected chi connectivity index (χ4v) is 17.7. The summed E-state index contributed by atoms with van der Waals surface area (Å²) in [4.78, 5) is 15.0. The molecule has 0 spiro atoms. The Labute approximate surface area is 785 Å². The number of nitrogens with zero attached hydrogens (tertiary/aromatic N) is 8. The molecule has 8 aromatic heterocycles. The molecule has 12 heteroatoms. The van der Waals surface area contributed by atoms with Crippen LogP contribution < -0.4 is 18.3 Å². The van der Waals surface area contributed by atoms with E-state index in [1.807, 2.05) is 316 Å². The van der Waals surface area contributed by atoms with Crippen LogP contribution in [0.15, 0.2) is 309 Å². The molecule has 0 saturated heterocycles. The van der Waals surface area contributed by atoms with Gasteiger partial charge in [0.05, 0.1) is 54.0 Å². The number of aromatic nitrogens is 4. The lowest BCUT2D eigenvalue weighted by Crippen LogP contribution is -2.32. The van der Waals surface area contributed by atoms with Crippen LogP contribution in [0.25, 0.3) is 197 Å². The minimum absolute atomic E-state index is 0.0190. The number of benzene rings is 12. The topological polar surface area (TPSA) is 85.5 Å². The molecule has 0 amide bonds. The predicted molar refractivity (Wildman–Crippen MR) is 537 cm³/mol. The Kier molecular flexibility index (Phi) is 20.1. The van der Waals surface area contributed by atoms with Gasteiger partial charge in [0.15, 0.2) is 47.5 Å². The van der Waals surface area contributed by atoms with Gasteiger partial charge in [-0.2, -0.15) is 0 Å². The zero-order valence-electron chi connectivity index (χ0n) is 89.2. The largest absolute Gasteiger partial charge is 0.456 e. The second kappa shape index (κ2) is 36.3. The molecule has 1 unspecified atom stereocenters. The molecule has 0 bridgehead atoms. The fraction of sp³-hybridized carbons (Fsp3) is 0.193. The van der Waals surface area contributed by atoms with Gasteiger partial charge in [0.1, 0.15) is 72.9 Å². The molecule has 1 atom stereocenters. The molecule has 0 N–H and O–H groups in total. The van der Waals surface area contributed by atoms with Crippen LogP contribution in [0.3, 0.4) is 0 Å². The highest BCUT2D eigenvalue weighted by molar-refractivity contribution is 6.19. The summed E-state index contributed by atoms with van der Waals surface area (Å²) >= 11 is 0. The summed E-state index contributed by atoms with van der Waals surface area (Å²) in [5, 5.41) is 7.43. The van der Waals surface area contributed by atoms with E-state index in [1.165, 1.54) is 6.92 Å². The Morgan fingerprint density at radius 1 is 0.321 bits per heavy atom. The van der Waals surface area contributed by atoms with Crippen LogP contribution in [0.2, 0.25) is 0 Å². The van der Waals surface area contributed by atoms with Crippen LogP contribution in [0.1, 0.15) is 136 Å². The van der Waals surface area contributed by atoms with Crippen molar-refractivity contribution in [2.75, 3.05) is 0 Å². The quantitative estimate of drug-likeness (QED) is 0.0850. The van der Waals surface area contributed by atoms with E-state index in [9.17, 15) is 0 Å². The van der Waals surface area contributed by atoms with Crippen LogP contribution in [0.5, 0.6) is 0 Å². The van der Waals surface area contributed by atoms with Crippen molar-refractivity contribution < 1.29 is 53.8 Å². The zero-order valence-corrected chi connectivity index (χ0v) is 76.2. The molecular formula is C119H106N8O4+4. The van der Waals surface area contributed by atoms with Crippen molar-refractivity contribution in [1.29, 1.82) is 0 Å². The predicted octanol–water partition coefficient (Wildman–Crippen LogP) is 31.4. The monoisotopic (exact) mass is 1720 g/mol. The molecule has 12 aromatic carbocycles. The van der Waals surface area contributed by atoms with E-state index in [0.717, 1.165) is 155 Å². The van der Waals surface area contributed by atoms with Crippen molar-refractivity contribution >= 4 is 111 Å². The van der Waals surface area contributed by atoms with Crippen molar-refractivity contribution in [3.8, 4) is 89.5 Å². The Balaban J connectivity index is 0.000000132. The maximum atomic E-state index is 8.76. The minimum atomic E-state index is -2.58. The average molecular weight is 1730 g/mol. The molecule has 8 heterocycles. The summed E-state index contributed by atoms with van der Waals surface area (Å²) in [6.45, 7) is 50.5. The second-order valence-electron chi connectivity index (χ2n) is 34.8. The van der Waals surface area contributed by atoms with Crippen molar-refractivity contribution in [3.63, 3.8) is 0 Å². The molecule has 0 radical (unpaired) electrons. The number of furan rings is 4. The van der Waals surface area contributed by atoms with Crippen LogP contribution in [0.4, 0.5) is 22.7 Å². The maximum Gasteiger partial charge on any atom is 0.216 e. The van der Waals surface area contributed by atoms with E-state index < -0.39 is 36.8 Å². The van der Waals surface area contributed by atoms with E-state index in [1.54, 1.807) is 62.3 Å². The number of hydrogen-bond acceptors (Lipinski definition) is 4. The minimum Gasteiger partial charge on any atom is -0.456 e. The molecule has 0 fully saturated rings. The summed E-state index contributed by atoms with van der Waals surface area (Å²) in [5.74, 6) is -3.06. The molecule has 0 aliphatic heterocycles. The summed E-state index contributed by atoms with van der Waals surface area (Å²) in [5.41, 5.74) is 25.5. The Bertz CT molecular complexity index is 8530. The number of fused-ring (bicyclic) bond motifs is 12. The van der Waals surface area contributed by atoms with E-state index in [-0.39, 0.29) is 29.6 Å². The first-order valence-electron chi connectivity index (χ1n) is 50.0. The van der Waals surface area contributed by atoms with Gasteiger partial charge in [-0.05, 0) is 132 Å². The maximum absolute atomic E-state index is 8.76. The van der Waals surface area contributed by atoms with E-state index in [4.69, 9.17) is 61.8 Å². The van der Waals surface area contributed by atoms with Gasteiger partial charge < -0.3 is 17.7 Å². The third-order valence-corrected chi connectivity index (χ3v) is 23.9. The Morgan fingerprint density at radius 3 is 0.824 bits per heavy atom. The molecule has 0 aliphatic rings. The van der Waals surface area contributed by atoms with Crippen molar-refractivity contribution in [3.05, 3.63) is 382 Å². The molecule has 20 rings (SSSR count). The van der Waals surface area contributed by atoms with Gasteiger partial charge in [0.2, 0.25) is 22.8 Å². The number of rotatable bonds is 13. The normalized spacial score (nSPS) is 13.8. The van der Waals surface area contributed by atoms with E-state index in [2.05, 4.69) is 31.5 Å². The molecule has 642 valence electrons. The molecule has 0 saturated carbocycles. The molecule has 131 heavy (non-hydrogen) atoms. The van der Waals surface area contributed by atoms with Gasteiger partial charge in [-0.1, -0.05) is 281 Å². The van der Waals surface area contributed by atoms with Crippen LogP contribution >= 0.6 is 0 Å². The van der Waals surface area contributed by atoms with E-state index in [0.29, 0.717) is 90.3 Å². The third kappa shape index (κ3) is 16.8. The molecular weight excluding hydrogens is 1610 g/mol. The third-order valence-electron chi connectivity index (χ3n) is 23.9. The summed E-state index contributed by atoms with van der Waals surface area (Å²) in [7, 11) is 7.48. The van der Waals surface area contributed by atoms with E-state index >= 15 is 0 Å². The lowest BCUT2D eigenvalue weighted by Gasteiger charge is -2.17. The lowest BCUT2D eigenvalue weighted by molar-refractivity contribution is -0.661. The van der Waals surface area contributed by atoms with Crippen molar-refractivity contribution in [1.82, 2.24) is 0 Å². The van der Waals surface area contributed by atoms with Gasteiger partial charge in [-0.3, -0.25) is 0 Å². The van der Waals surface area contributed by atoms with Gasteiger partial charge in [0.25, 0.3) is 0 Å². The highest BCUT2D eigenvalue weighted by Gasteiger charge is 2.31. The van der Waals surface area contributed by atoms with Gasteiger partial charge >= 0.3 is 0 Å². The van der Waals surface area contributed by atoms with Gasteiger partial charge in [0, 0.05) is 124 Å². The highest BCUT2D eigenvalue weighted by Crippen LogP contribution is 2.50. The summed E-state index contributed by atoms with van der Waals surface area (Å²) in [6, 6.07) is 78.1. The van der Waals surface area contributed by atoms with Crippen LogP contribution in [-0.2, 0) is 40.9 Å². The smallest absolute Gasteiger partial charge is 0.216 e. The first-order valence-corrected chi connectivity index (χ1v) is 43.5. The fourth-order valence-electron chi connectivity index (χ4n) is 17.7. The summed E-state index contributed by atoms with van der Waals surface area (Å²) in [6.07, 6.45) is 3.60. The lowest BCUT2D eigenvalue weighted by atomic mass is 9.88. The number of hydrogen-bond donors (Lipinski definition) is 0. The molecule has 12 nitrogen and oxygen atoms in total. The van der Waals surface area contributed by atoms with Crippen molar-refractivity contribution in [2.45, 2.75) is 114 Å². The first-order chi connectivity index (χ1) is 68.3. The first kappa shape index (κ1) is 72.4. The number of aryl methyl sites for hydroxylation is 8. The SMILES string of the molecule is [2H]c1cc(-c2c(C)ccc3c2oc2c(-c4ccccc4)c([N+]#[C-])ccc23)[n+](C)cc1C([2H])(C)C.[2H]c1cc(-c2c(C)ccc3c2oc2c(-c4ccccc4)c([N+]#[C-])ccc23)[n+](C)cc1C([2H])(C)C([2H])([2H])[2H].[2H]c1cc(-c2c(C)ccc3c2oc2c(-c4ccccc4)c([N+]#[C-])ccc23)[n+](C)cc1C([2H])([2H])C(C)(C)C.[2H]c1cc(-c2c(C)ccc3c2oc2c(-c4ccccc4)c([N+]#[C-])ccc23)[n+](C)cc1C([2H])([2H])C(C)C.